The average Bonchev–Trinajstić information content (AvgIpc) is 2.91. The molecule has 0 fully saturated rings. The number of hydrogen-bond donors (Lipinski definition) is 2. The Morgan fingerprint density at radius 3 is 2.52 bits per heavy atom. The van der Waals surface area contributed by atoms with E-state index >= 15 is 0 Å². The van der Waals surface area contributed by atoms with Crippen LogP contribution in [-0.4, -0.2) is 30.3 Å². The summed E-state index contributed by atoms with van der Waals surface area (Å²) in [5.41, 5.74) is 2.46. The molecule has 5 nitrogen and oxygen atoms in total. The maximum Gasteiger partial charge on any atom is 0.307 e. The Balaban J connectivity index is 2.29. The molecule has 0 bridgehead atoms. The first-order valence-corrected chi connectivity index (χ1v) is 8.17. The molecule has 0 radical (unpaired) electrons. The second kappa shape index (κ2) is 6.76. The van der Waals surface area contributed by atoms with Gasteiger partial charge in [0, 0.05) is 20.9 Å². The fourth-order valence-electron chi connectivity index (χ4n) is 2.83. The highest BCUT2D eigenvalue weighted by Gasteiger charge is 2.20. The van der Waals surface area contributed by atoms with Gasteiger partial charge in [-0.2, -0.15) is 0 Å². The molecule has 1 aromatic heterocycles. The van der Waals surface area contributed by atoms with Crippen LogP contribution >= 0.6 is 15.9 Å². The molecule has 7 heteroatoms. The van der Waals surface area contributed by atoms with Gasteiger partial charge in [-0.3, -0.25) is 4.79 Å². The van der Waals surface area contributed by atoms with E-state index in [9.17, 15) is 14.3 Å². The number of halogens is 2. The first kappa shape index (κ1) is 17.3. The van der Waals surface area contributed by atoms with Gasteiger partial charge in [0.15, 0.2) is 11.5 Å². The molecule has 0 saturated carbocycles. The van der Waals surface area contributed by atoms with Crippen molar-refractivity contribution < 1.29 is 23.8 Å². The van der Waals surface area contributed by atoms with Crippen molar-refractivity contribution in [2.24, 2.45) is 0 Å². The Bertz CT molecular complexity index is 967. The molecule has 2 N–H and O–H groups in total. The molecule has 0 aliphatic heterocycles. The molecule has 25 heavy (non-hydrogen) atoms. The zero-order valence-corrected chi connectivity index (χ0v) is 15.1. The van der Waals surface area contributed by atoms with Crippen molar-refractivity contribution in [2.75, 3.05) is 14.2 Å². The summed E-state index contributed by atoms with van der Waals surface area (Å²) in [5, 5.41) is 9.81. The average molecular weight is 408 g/mol. The zero-order valence-electron chi connectivity index (χ0n) is 13.5. The van der Waals surface area contributed by atoms with Crippen molar-refractivity contribution in [1.82, 2.24) is 4.98 Å². The quantitative estimate of drug-likeness (QED) is 0.658. The van der Waals surface area contributed by atoms with Gasteiger partial charge >= 0.3 is 5.97 Å². The highest BCUT2D eigenvalue weighted by atomic mass is 79.9. The number of nitrogens with one attached hydrogen (secondary N) is 1. The van der Waals surface area contributed by atoms with Gasteiger partial charge in [-0.25, -0.2) is 4.39 Å². The number of H-pyrrole nitrogens is 1. The van der Waals surface area contributed by atoms with Crippen molar-refractivity contribution in [3.63, 3.8) is 0 Å². The van der Waals surface area contributed by atoms with Gasteiger partial charge in [-0.15, -0.1) is 0 Å². The topological polar surface area (TPSA) is 71.6 Å². The summed E-state index contributed by atoms with van der Waals surface area (Å²) in [6, 6.07) is 7.74. The number of aliphatic carboxylic acids is 1. The Kier molecular flexibility index (Phi) is 4.67. The van der Waals surface area contributed by atoms with Crippen LogP contribution in [0, 0.1) is 5.82 Å². The monoisotopic (exact) mass is 407 g/mol. The van der Waals surface area contributed by atoms with Crippen LogP contribution in [0.25, 0.3) is 22.2 Å². The van der Waals surface area contributed by atoms with Crippen LogP contribution in [-0.2, 0) is 11.2 Å². The third-order valence-corrected chi connectivity index (χ3v) is 4.59. The number of carbonyl (C=O) groups is 1. The summed E-state index contributed by atoms with van der Waals surface area (Å²) in [5.74, 6) is -0.369. The molecule has 1 heterocycles. The van der Waals surface area contributed by atoms with Gasteiger partial charge in [0.05, 0.1) is 26.3 Å². The highest BCUT2D eigenvalue weighted by Crippen LogP contribution is 2.41. The molecule has 0 saturated heterocycles. The number of hydrogen-bond acceptors (Lipinski definition) is 3. The van der Waals surface area contributed by atoms with Gasteiger partial charge in [-0.05, 0) is 51.8 Å². The fourth-order valence-corrected chi connectivity index (χ4v) is 3.35. The standard InChI is InChI=1S/C18H15BrFNO4/c1-24-15-6-12(13(19)8-16(15)25-2)18-11(7-17(22)23)10-5-9(20)3-4-14(10)21-18/h3-6,8,21H,7H2,1-2H3,(H,22,23). The number of fused-ring (bicyclic) bond motifs is 1. The number of aromatic nitrogens is 1. The van der Waals surface area contributed by atoms with E-state index in [-0.39, 0.29) is 6.42 Å². The summed E-state index contributed by atoms with van der Waals surface area (Å²) in [6.45, 7) is 0. The molecule has 3 rings (SSSR count). The second-order valence-electron chi connectivity index (χ2n) is 5.43. The molecule has 0 amide bonds. The summed E-state index contributed by atoms with van der Waals surface area (Å²) in [7, 11) is 3.06. The molecule has 0 unspecified atom stereocenters. The van der Waals surface area contributed by atoms with Gasteiger partial charge in [0.25, 0.3) is 0 Å². The van der Waals surface area contributed by atoms with Crippen molar-refractivity contribution in [3.05, 3.63) is 46.2 Å². The molecule has 0 aliphatic carbocycles. The molecular weight excluding hydrogens is 393 g/mol. The summed E-state index contributed by atoms with van der Waals surface area (Å²) < 4.78 is 25.0. The number of methoxy groups -OCH3 is 2. The third-order valence-electron chi connectivity index (χ3n) is 3.94. The Hall–Kier alpha value is -2.54. The molecule has 3 aromatic rings. The van der Waals surface area contributed by atoms with E-state index in [0.717, 1.165) is 0 Å². The van der Waals surface area contributed by atoms with Crippen molar-refractivity contribution in [1.29, 1.82) is 0 Å². The maximum atomic E-state index is 13.7. The van der Waals surface area contributed by atoms with Crippen LogP contribution in [0.15, 0.2) is 34.8 Å². The van der Waals surface area contributed by atoms with Crippen LogP contribution in [0.2, 0.25) is 0 Å². The highest BCUT2D eigenvalue weighted by molar-refractivity contribution is 9.10. The van der Waals surface area contributed by atoms with E-state index in [1.807, 2.05) is 0 Å². The number of ether oxygens (including phenoxy) is 2. The van der Waals surface area contributed by atoms with E-state index in [0.29, 0.717) is 43.7 Å². The lowest BCUT2D eigenvalue weighted by Gasteiger charge is -2.12. The van der Waals surface area contributed by atoms with Crippen LogP contribution in [0.4, 0.5) is 4.39 Å². The molecule has 130 valence electrons. The smallest absolute Gasteiger partial charge is 0.307 e. The van der Waals surface area contributed by atoms with Gasteiger partial charge in [0.1, 0.15) is 5.82 Å². The number of carboxylic acid groups (broad SMARTS) is 1. The number of rotatable bonds is 5. The van der Waals surface area contributed by atoms with Gasteiger partial charge in [0.2, 0.25) is 0 Å². The van der Waals surface area contributed by atoms with E-state index < -0.39 is 11.8 Å². The van der Waals surface area contributed by atoms with Gasteiger partial charge in [-0.1, -0.05) is 0 Å². The van der Waals surface area contributed by atoms with Crippen LogP contribution in [0.1, 0.15) is 5.56 Å². The number of aromatic amines is 1. The second-order valence-corrected chi connectivity index (χ2v) is 6.28. The van der Waals surface area contributed by atoms with E-state index in [1.54, 1.807) is 18.2 Å². The fraction of sp³-hybridized carbons (Fsp3) is 0.167. The lowest BCUT2D eigenvalue weighted by Crippen LogP contribution is -2.01. The molecule has 0 atom stereocenters. The minimum atomic E-state index is -0.997. The lowest BCUT2D eigenvalue weighted by atomic mass is 10.0. The van der Waals surface area contributed by atoms with Crippen LogP contribution < -0.4 is 9.47 Å². The summed E-state index contributed by atoms with van der Waals surface area (Å²) in [4.78, 5) is 14.5. The number of benzene rings is 2. The van der Waals surface area contributed by atoms with Crippen LogP contribution in [0.3, 0.4) is 0 Å². The molecular formula is C18H15BrFNO4. The normalized spacial score (nSPS) is 10.9. The Morgan fingerprint density at radius 1 is 1.20 bits per heavy atom. The minimum Gasteiger partial charge on any atom is -0.493 e. The molecule has 0 aliphatic rings. The zero-order chi connectivity index (χ0) is 18.1. The SMILES string of the molecule is COc1cc(Br)c(-c2[nH]c3ccc(F)cc3c2CC(=O)O)cc1OC. The molecule has 0 spiro atoms. The maximum absolute atomic E-state index is 13.7. The molecule has 2 aromatic carbocycles. The Morgan fingerprint density at radius 2 is 1.88 bits per heavy atom. The van der Waals surface area contributed by atoms with Gasteiger partial charge < -0.3 is 19.6 Å². The number of carboxylic acids is 1. The Labute approximate surface area is 151 Å². The van der Waals surface area contributed by atoms with Crippen molar-refractivity contribution >= 4 is 32.8 Å². The van der Waals surface area contributed by atoms with E-state index in [1.165, 1.54) is 26.4 Å². The minimum absolute atomic E-state index is 0.237. The van der Waals surface area contributed by atoms with Crippen molar-refractivity contribution in [2.45, 2.75) is 6.42 Å². The lowest BCUT2D eigenvalue weighted by molar-refractivity contribution is -0.136. The summed E-state index contributed by atoms with van der Waals surface area (Å²) in [6.07, 6.45) is -0.237. The van der Waals surface area contributed by atoms with E-state index in [4.69, 9.17) is 9.47 Å². The van der Waals surface area contributed by atoms with E-state index in [2.05, 4.69) is 20.9 Å². The summed E-state index contributed by atoms with van der Waals surface area (Å²) >= 11 is 3.48. The predicted molar refractivity (Wildman–Crippen MR) is 95.8 cm³/mol. The van der Waals surface area contributed by atoms with Crippen LogP contribution in [0.5, 0.6) is 11.5 Å². The largest absolute Gasteiger partial charge is 0.493 e. The van der Waals surface area contributed by atoms with Crippen molar-refractivity contribution in [3.8, 4) is 22.8 Å². The third kappa shape index (κ3) is 3.19. The first-order chi connectivity index (χ1) is 11.9. The predicted octanol–water partition coefficient (Wildman–Crippen LogP) is 4.38. The first-order valence-electron chi connectivity index (χ1n) is 7.38.